The molecule has 10 heteroatoms. The van der Waals surface area contributed by atoms with E-state index in [4.69, 9.17) is 10.5 Å². The Balaban J connectivity index is 1.28. The lowest BCUT2D eigenvalue weighted by Gasteiger charge is -2.32. The lowest BCUT2D eigenvalue weighted by molar-refractivity contribution is 0.0393. The van der Waals surface area contributed by atoms with Gasteiger partial charge in [-0.1, -0.05) is 31.2 Å². The van der Waals surface area contributed by atoms with E-state index in [1.165, 1.54) is 6.34 Å². The summed E-state index contributed by atoms with van der Waals surface area (Å²) >= 11 is 0. The first-order valence-electron chi connectivity index (χ1n) is 11.9. The largest absolute Gasteiger partial charge is 0.385 e. The fourth-order valence-corrected chi connectivity index (χ4v) is 4.59. The summed E-state index contributed by atoms with van der Waals surface area (Å²) in [6, 6.07) is 12.9. The molecule has 5 rings (SSSR count). The van der Waals surface area contributed by atoms with Gasteiger partial charge >= 0.3 is 6.03 Å². The third kappa shape index (κ3) is 5.18. The van der Waals surface area contributed by atoms with E-state index >= 15 is 0 Å². The number of ether oxygens (including phenoxy) is 1. The maximum atomic E-state index is 12.4. The Morgan fingerprint density at radius 3 is 2.71 bits per heavy atom. The Kier molecular flexibility index (Phi) is 6.73. The van der Waals surface area contributed by atoms with Crippen LogP contribution < -0.4 is 16.4 Å². The lowest BCUT2D eigenvalue weighted by atomic mass is 9.92. The Morgan fingerprint density at radius 2 is 1.94 bits per heavy atom. The topological polar surface area (TPSA) is 120 Å². The average Bonchev–Trinajstić information content (AvgIpc) is 3.24. The third-order valence-electron chi connectivity index (χ3n) is 6.41. The number of rotatable bonds is 6. The number of hydrogen-bond donors (Lipinski definition) is 3. The monoisotopic (exact) mass is 474 g/mol. The molecule has 2 atom stereocenters. The van der Waals surface area contributed by atoms with Gasteiger partial charge < -0.3 is 15.8 Å². The Hall–Kier alpha value is -3.76. The Bertz CT molecular complexity index is 1150. The fourth-order valence-electron chi connectivity index (χ4n) is 4.59. The van der Waals surface area contributed by atoms with Crippen LogP contribution in [0.4, 0.5) is 16.3 Å². The number of carbonyl (C=O) groups excluding carboxylic acids is 1. The van der Waals surface area contributed by atoms with Gasteiger partial charge in [0, 0.05) is 42.6 Å². The third-order valence-corrected chi connectivity index (χ3v) is 6.41. The highest BCUT2D eigenvalue weighted by molar-refractivity contribution is 5.99. The van der Waals surface area contributed by atoms with Crippen molar-refractivity contribution < 1.29 is 9.53 Å². The number of fused-ring (bicyclic) bond motifs is 1. The zero-order valence-electron chi connectivity index (χ0n) is 19.7. The van der Waals surface area contributed by atoms with Crippen molar-refractivity contribution in [1.82, 2.24) is 14.9 Å². The van der Waals surface area contributed by atoms with Crippen LogP contribution >= 0.6 is 0 Å². The van der Waals surface area contributed by atoms with E-state index in [1.54, 1.807) is 6.07 Å². The van der Waals surface area contributed by atoms with Crippen LogP contribution in [0, 0.1) is 0 Å². The fraction of sp³-hybridized carbons (Fsp3) is 0.360. The number of nitrogens with zero attached hydrogens (tertiary/aromatic N) is 5. The number of benzene rings is 1. The van der Waals surface area contributed by atoms with Crippen LogP contribution in [0.15, 0.2) is 64.3 Å². The van der Waals surface area contributed by atoms with E-state index in [0.29, 0.717) is 17.3 Å². The summed E-state index contributed by atoms with van der Waals surface area (Å²) in [5.41, 5.74) is 10.1. The van der Waals surface area contributed by atoms with Gasteiger partial charge in [0.1, 0.15) is 24.0 Å². The first kappa shape index (κ1) is 23.0. The number of amidine groups is 1. The second kappa shape index (κ2) is 10.2. The number of nitrogens with two attached hydrogens (primary N) is 1. The molecular formula is C25H30N8O2. The summed E-state index contributed by atoms with van der Waals surface area (Å²) in [6.07, 6.45) is 4.55. The van der Waals surface area contributed by atoms with E-state index in [1.807, 2.05) is 48.3 Å². The molecule has 1 saturated heterocycles. The standard InChI is InChI=1S/C25H30N8O2/c1-2-18-4-3-5-22(29-18)31-25(34)30-19-8-6-17(7-9-19)21-14-20(15-32-10-12-35-13-11-32)33-23(21)24(26)27-16-28-33/h3-9,14,16,21,23H,2,10-13,15H2,1H3,(H2,26,27,28)(H2,29,30,31,34). The molecule has 4 heterocycles. The van der Waals surface area contributed by atoms with Crippen molar-refractivity contribution in [2.24, 2.45) is 15.8 Å². The minimum absolute atomic E-state index is 0.0103. The summed E-state index contributed by atoms with van der Waals surface area (Å²) in [5, 5.41) is 12.2. The number of amides is 2. The predicted octanol–water partition coefficient (Wildman–Crippen LogP) is 2.59. The molecule has 10 nitrogen and oxygen atoms in total. The molecule has 0 saturated carbocycles. The molecule has 1 fully saturated rings. The molecule has 1 aromatic heterocycles. The van der Waals surface area contributed by atoms with Gasteiger partial charge in [-0.2, -0.15) is 5.10 Å². The number of hydrogen-bond acceptors (Lipinski definition) is 8. The van der Waals surface area contributed by atoms with Crippen molar-refractivity contribution in [3.05, 3.63) is 65.5 Å². The zero-order chi connectivity index (χ0) is 24.2. The van der Waals surface area contributed by atoms with E-state index in [-0.39, 0.29) is 18.0 Å². The molecule has 0 radical (unpaired) electrons. The number of aryl methyl sites for hydroxylation is 1. The van der Waals surface area contributed by atoms with Crippen LogP contribution in [-0.2, 0) is 11.2 Å². The van der Waals surface area contributed by atoms with E-state index in [9.17, 15) is 4.79 Å². The van der Waals surface area contributed by atoms with Crippen molar-refractivity contribution in [2.75, 3.05) is 43.5 Å². The smallest absolute Gasteiger partial charge is 0.324 e. The number of anilines is 2. The van der Waals surface area contributed by atoms with Gasteiger partial charge in [-0.3, -0.25) is 15.2 Å². The van der Waals surface area contributed by atoms with Gasteiger partial charge in [0.25, 0.3) is 0 Å². The van der Waals surface area contributed by atoms with Gasteiger partial charge in [0.15, 0.2) is 0 Å². The number of urea groups is 1. The van der Waals surface area contributed by atoms with Gasteiger partial charge in [-0.25, -0.2) is 14.8 Å². The van der Waals surface area contributed by atoms with E-state index in [0.717, 1.165) is 56.2 Å². The molecule has 0 aliphatic carbocycles. The number of nitrogens with one attached hydrogen (secondary N) is 2. The number of aliphatic imine (C=N–C) groups is 1. The summed E-state index contributed by atoms with van der Waals surface area (Å²) in [7, 11) is 0. The predicted molar refractivity (Wildman–Crippen MR) is 137 cm³/mol. The van der Waals surface area contributed by atoms with Crippen molar-refractivity contribution in [1.29, 1.82) is 0 Å². The maximum absolute atomic E-state index is 12.4. The summed E-state index contributed by atoms with van der Waals surface area (Å²) in [6.45, 7) is 6.10. The number of carbonyl (C=O) groups is 1. The molecular weight excluding hydrogens is 444 g/mol. The van der Waals surface area contributed by atoms with Gasteiger partial charge in [0.2, 0.25) is 0 Å². The average molecular weight is 475 g/mol. The van der Waals surface area contributed by atoms with E-state index < -0.39 is 0 Å². The van der Waals surface area contributed by atoms with Crippen molar-refractivity contribution >= 4 is 29.7 Å². The molecule has 3 aliphatic rings. The summed E-state index contributed by atoms with van der Waals surface area (Å²) < 4.78 is 5.48. The lowest BCUT2D eigenvalue weighted by Crippen LogP contribution is -2.45. The minimum Gasteiger partial charge on any atom is -0.385 e. The summed E-state index contributed by atoms with van der Waals surface area (Å²) in [4.78, 5) is 23.5. The second-order valence-electron chi connectivity index (χ2n) is 8.72. The van der Waals surface area contributed by atoms with Crippen LogP contribution in [0.5, 0.6) is 0 Å². The van der Waals surface area contributed by atoms with E-state index in [2.05, 4.69) is 36.7 Å². The molecule has 1 aromatic carbocycles. The highest BCUT2D eigenvalue weighted by atomic mass is 16.5. The van der Waals surface area contributed by atoms with Crippen LogP contribution in [0.2, 0.25) is 0 Å². The quantitative estimate of drug-likeness (QED) is 0.592. The molecule has 182 valence electrons. The highest BCUT2D eigenvalue weighted by Crippen LogP contribution is 2.37. The van der Waals surface area contributed by atoms with Crippen LogP contribution in [0.25, 0.3) is 0 Å². The zero-order valence-corrected chi connectivity index (χ0v) is 19.7. The first-order valence-corrected chi connectivity index (χ1v) is 11.9. The number of aromatic nitrogens is 1. The summed E-state index contributed by atoms with van der Waals surface area (Å²) in [5.74, 6) is 1.08. The molecule has 0 bridgehead atoms. The first-order chi connectivity index (χ1) is 17.1. The molecule has 2 unspecified atom stereocenters. The van der Waals surface area contributed by atoms with Crippen molar-refractivity contribution in [3.63, 3.8) is 0 Å². The van der Waals surface area contributed by atoms with Crippen LogP contribution in [0.3, 0.4) is 0 Å². The molecule has 2 amide bonds. The van der Waals surface area contributed by atoms with Crippen molar-refractivity contribution in [2.45, 2.75) is 25.3 Å². The molecule has 35 heavy (non-hydrogen) atoms. The Labute approximate surface area is 204 Å². The molecule has 2 aromatic rings. The SMILES string of the molecule is CCc1cccc(NC(=O)Nc2ccc(C3C=C(CN4CCOCC4)N4N=CN=C(N)C34)cc2)n1. The number of morpholine rings is 1. The van der Waals surface area contributed by atoms with Gasteiger partial charge in [-0.05, 0) is 36.2 Å². The van der Waals surface area contributed by atoms with Crippen molar-refractivity contribution in [3.8, 4) is 0 Å². The van der Waals surface area contributed by atoms with Crippen LogP contribution in [0.1, 0.15) is 24.1 Å². The molecule has 0 spiro atoms. The minimum atomic E-state index is -0.337. The molecule has 4 N–H and O–H groups in total. The molecule has 3 aliphatic heterocycles. The second-order valence-corrected chi connectivity index (χ2v) is 8.72. The highest BCUT2D eigenvalue weighted by Gasteiger charge is 2.39. The van der Waals surface area contributed by atoms with Gasteiger partial charge in [0.05, 0.1) is 13.2 Å². The number of pyridine rings is 1. The normalized spacial score (nSPS) is 21.8. The maximum Gasteiger partial charge on any atom is 0.324 e. The van der Waals surface area contributed by atoms with Crippen LogP contribution in [-0.4, -0.2) is 72.0 Å². The number of hydrazone groups is 1. The van der Waals surface area contributed by atoms with Gasteiger partial charge in [-0.15, -0.1) is 0 Å². The Morgan fingerprint density at radius 1 is 1.14 bits per heavy atom.